The molecule has 0 radical (unpaired) electrons. The largest absolute Gasteiger partial charge is 0.853 e. The molecular formula is C20H26NO3-. The summed E-state index contributed by atoms with van der Waals surface area (Å²) in [6, 6.07) is 20.9. The average Bonchev–Trinajstić information content (AvgIpc) is 2.62. The Hall–Kier alpha value is -1.72. The second-order valence-electron chi connectivity index (χ2n) is 5.61. The van der Waals surface area contributed by atoms with Crippen molar-refractivity contribution in [2.24, 2.45) is 0 Å². The van der Waals surface area contributed by atoms with Crippen molar-refractivity contribution in [2.45, 2.75) is 13.1 Å². The average molecular weight is 328 g/mol. The van der Waals surface area contributed by atoms with E-state index in [2.05, 4.69) is 53.4 Å². The van der Waals surface area contributed by atoms with Crippen LogP contribution >= 0.6 is 0 Å². The summed E-state index contributed by atoms with van der Waals surface area (Å²) in [6.45, 7) is 4.38. The van der Waals surface area contributed by atoms with Crippen LogP contribution in [-0.4, -0.2) is 44.5 Å². The van der Waals surface area contributed by atoms with Crippen molar-refractivity contribution in [3.05, 3.63) is 71.8 Å². The molecule has 0 aromatic heterocycles. The molecular weight excluding hydrogens is 302 g/mol. The van der Waals surface area contributed by atoms with Gasteiger partial charge in [0.05, 0.1) is 19.8 Å². The van der Waals surface area contributed by atoms with Crippen molar-refractivity contribution in [1.82, 2.24) is 4.90 Å². The molecule has 0 aliphatic heterocycles. The molecule has 0 unspecified atom stereocenters. The fourth-order valence-electron chi connectivity index (χ4n) is 2.47. The maximum atomic E-state index is 10.3. The highest BCUT2D eigenvalue weighted by Gasteiger charge is 2.07. The third kappa shape index (κ3) is 7.70. The van der Waals surface area contributed by atoms with E-state index < -0.39 is 0 Å². The monoisotopic (exact) mass is 328 g/mol. The van der Waals surface area contributed by atoms with Gasteiger partial charge in [-0.3, -0.25) is 4.90 Å². The lowest BCUT2D eigenvalue weighted by molar-refractivity contribution is -0.374. The first-order valence-corrected chi connectivity index (χ1v) is 8.42. The third-order valence-electron chi connectivity index (χ3n) is 3.65. The first kappa shape index (κ1) is 18.6. The van der Waals surface area contributed by atoms with Crippen LogP contribution in [0, 0.1) is 0 Å². The number of ether oxygens (including phenoxy) is 2. The predicted octanol–water partition coefficient (Wildman–Crippen LogP) is 2.08. The minimum atomic E-state index is -0.193. The number of hydrogen-bond donors (Lipinski definition) is 0. The Labute approximate surface area is 144 Å². The summed E-state index contributed by atoms with van der Waals surface area (Å²) < 4.78 is 10.7. The molecule has 0 aliphatic rings. The molecule has 0 aliphatic carbocycles. The first-order valence-electron chi connectivity index (χ1n) is 8.42. The van der Waals surface area contributed by atoms with E-state index in [1.54, 1.807) is 0 Å². The fraction of sp³-hybridized carbons (Fsp3) is 0.400. The molecule has 0 bridgehead atoms. The summed E-state index contributed by atoms with van der Waals surface area (Å²) >= 11 is 0. The fourth-order valence-corrected chi connectivity index (χ4v) is 2.47. The molecule has 0 amide bonds. The molecule has 0 heterocycles. The Kier molecular flexibility index (Phi) is 9.12. The lowest BCUT2D eigenvalue weighted by Gasteiger charge is -2.22. The van der Waals surface area contributed by atoms with Crippen LogP contribution in [0.15, 0.2) is 60.7 Å². The van der Waals surface area contributed by atoms with Gasteiger partial charge in [-0.15, -0.1) is 6.61 Å². The van der Waals surface area contributed by atoms with Gasteiger partial charge in [-0.25, -0.2) is 0 Å². The molecule has 0 saturated heterocycles. The Morgan fingerprint density at radius 3 is 1.67 bits per heavy atom. The highest BCUT2D eigenvalue weighted by atomic mass is 16.5. The Morgan fingerprint density at radius 2 is 1.17 bits per heavy atom. The molecule has 2 rings (SSSR count). The zero-order valence-electron chi connectivity index (χ0n) is 14.1. The summed E-state index contributed by atoms with van der Waals surface area (Å²) in [5, 5.41) is 10.3. The van der Waals surface area contributed by atoms with Gasteiger partial charge < -0.3 is 14.6 Å². The summed E-state index contributed by atoms with van der Waals surface area (Å²) in [4.78, 5) is 2.38. The van der Waals surface area contributed by atoms with Crippen LogP contribution in [0.25, 0.3) is 0 Å². The van der Waals surface area contributed by atoms with Crippen molar-refractivity contribution >= 4 is 0 Å². The molecule has 0 fully saturated rings. The van der Waals surface area contributed by atoms with Crippen molar-refractivity contribution in [3.8, 4) is 0 Å². The van der Waals surface area contributed by atoms with E-state index in [-0.39, 0.29) is 13.2 Å². The van der Waals surface area contributed by atoms with Gasteiger partial charge in [0, 0.05) is 26.2 Å². The van der Waals surface area contributed by atoms with Crippen molar-refractivity contribution < 1.29 is 14.6 Å². The maximum absolute atomic E-state index is 10.3. The number of nitrogens with zero attached hydrogens (tertiary/aromatic N) is 1. The van der Waals surface area contributed by atoms with E-state index in [1.165, 1.54) is 11.1 Å². The molecule has 4 nitrogen and oxygen atoms in total. The van der Waals surface area contributed by atoms with Gasteiger partial charge in [0.25, 0.3) is 0 Å². The summed E-state index contributed by atoms with van der Waals surface area (Å²) in [5.41, 5.74) is 2.60. The second kappa shape index (κ2) is 11.8. The van der Waals surface area contributed by atoms with Gasteiger partial charge in [-0.2, -0.15) is 0 Å². The van der Waals surface area contributed by atoms with Crippen LogP contribution < -0.4 is 5.11 Å². The van der Waals surface area contributed by atoms with Crippen molar-refractivity contribution in [3.63, 3.8) is 0 Å². The highest BCUT2D eigenvalue weighted by molar-refractivity contribution is 5.17. The standard InChI is InChI=1S/C20H26NO3/c22-12-14-24-16-15-23-13-11-21(17-19-7-3-1-4-8-19)18-20-9-5-2-6-10-20/h1-10H,11-18H2/q-1. The molecule has 24 heavy (non-hydrogen) atoms. The zero-order valence-corrected chi connectivity index (χ0v) is 14.1. The Balaban J connectivity index is 1.79. The van der Waals surface area contributed by atoms with Crippen LogP contribution in [0.1, 0.15) is 11.1 Å². The van der Waals surface area contributed by atoms with Gasteiger partial charge in [-0.05, 0) is 11.1 Å². The van der Waals surface area contributed by atoms with Gasteiger partial charge in [0.2, 0.25) is 0 Å². The molecule has 0 spiro atoms. The van der Waals surface area contributed by atoms with Gasteiger partial charge in [-0.1, -0.05) is 60.7 Å². The predicted molar refractivity (Wildman–Crippen MR) is 93.5 cm³/mol. The topological polar surface area (TPSA) is 44.8 Å². The summed E-state index contributed by atoms with van der Waals surface area (Å²) in [6.07, 6.45) is 0. The smallest absolute Gasteiger partial charge is 0.0701 e. The number of rotatable bonds is 12. The van der Waals surface area contributed by atoms with Gasteiger partial charge in [0.15, 0.2) is 0 Å². The van der Waals surface area contributed by atoms with Crippen LogP contribution in [-0.2, 0) is 22.6 Å². The van der Waals surface area contributed by atoms with E-state index in [1.807, 2.05) is 12.1 Å². The Morgan fingerprint density at radius 1 is 0.667 bits per heavy atom. The van der Waals surface area contributed by atoms with E-state index >= 15 is 0 Å². The Bertz CT molecular complexity index is 492. The lowest BCUT2D eigenvalue weighted by atomic mass is 10.1. The lowest BCUT2D eigenvalue weighted by Crippen LogP contribution is -2.27. The van der Waals surface area contributed by atoms with Crippen LogP contribution in [0.4, 0.5) is 0 Å². The second-order valence-corrected chi connectivity index (χ2v) is 5.61. The van der Waals surface area contributed by atoms with Crippen LogP contribution in [0.2, 0.25) is 0 Å². The normalized spacial score (nSPS) is 11.1. The molecule has 0 atom stereocenters. The van der Waals surface area contributed by atoms with Crippen LogP contribution in [0.3, 0.4) is 0 Å². The molecule has 2 aromatic carbocycles. The summed E-state index contributed by atoms with van der Waals surface area (Å²) in [5.74, 6) is 0. The molecule has 130 valence electrons. The van der Waals surface area contributed by atoms with Gasteiger partial charge >= 0.3 is 0 Å². The highest BCUT2D eigenvalue weighted by Crippen LogP contribution is 2.09. The van der Waals surface area contributed by atoms with Crippen LogP contribution in [0.5, 0.6) is 0 Å². The van der Waals surface area contributed by atoms with Crippen molar-refractivity contribution in [2.75, 3.05) is 39.6 Å². The van der Waals surface area contributed by atoms with E-state index in [0.29, 0.717) is 19.8 Å². The quantitative estimate of drug-likeness (QED) is 0.560. The minimum Gasteiger partial charge on any atom is -0.853 e. The van der Waals surface area contributed by atoms with E-state index in [9.17, 15) is 5.11 Å². The summed E-state index contributed by atoms with van der Waals surface area (Å²) in [7, 11) is 0. The molecule has 0 saturated carbocycles. The van der Waals surface area contributed by atoms with E-state index in [0.717, 1.165) is 19.6 Å². The third-order valence-corrected chi connectivity index (χ3v) is 3.65. The minimum absolute atomic E-state index is 0.193. The molecule has 2 aromatic rings. The maximum Gasteiger partial charge on any atom is 0.0701 e. The van der Waals surface area contributed by atoms with Crippen molar-refractivity contribution in [1.29, 1.82) is 0 Å². The molecule has 0 N–H and O–H groups in total. The number of benzene rings is 2. The first-order chi connectivity index (χ1) is 11.9. The molecule has 4 heteroatoms. The van der Waals surface area contributed by atoms with Gasteiger partial charge in [0.1, 0.15) is 0 Å². The zero-order chi connectivity index (χ0) is 16.9. The van der Waals surface area contributed by atoms with E-state index in [4.69, 9.17) is 9.47 Å². The number of hydrogen-bond acceptors (Lipinski definition) is 4. The SMILES string of the molecule is [O-]CCOCCOCCN(Cc1ccccc1)Cc1ccccc1.